The summed E-state index contributed by atoms with van der Waals surface area (Å²) in [6.07, 6.45) is 5.28. The molecule has 0 unspecified atom stereocenters. The second kappa shape index (κ2) is 7.11. The molecule has 26 heavy (non-hydrogen) atoms. The van der Waals surface area contributed by atoms with Gasteiger partial charge in [-0.3, -0.25) is 4.79 Å². The molecular weight excluding hydrogens is 335 g/mol. The molecule has 0 saturated carbocycles. The second-order valence-electron chi connectivity index (χ2n) is 6.37. The fraction of sp³-hybridized carbons (Fsp3) is 0.316. The van der Waals surface area contributed by atoms with Crippen LogP contribution in [0.15, 0.2) is 48.8 Å². The van der Waals surface area contributed by atoms with Gasteiger partial charge in [0.25, 0.3) is 5.91 Å². The first-order chi connectivity index (χ1) is 12.7. The maximum Gasteiger partial charge on any atom is 0.260 e. The molecule has 1 amide bonds. The van der Waals surface area contributed by atoms with Crippen molar-refractivity contribution in [1.82, 2.24) is 19.5 Å². The molecule has 6 nitrogen and oxygen atoms in total. The minimum absolute atomic E-state index is 0.0766. The summed E-state index contributed by atoms with van der Waals surface area (Å²) in [6, 6.07) is 9.70. The molecule has 1 fully saturated rings. The molecule has 3 aromatic rings. The molecule has 0 bridgehead atoms. The van der Waals surface area contributed by atoms with E-state index in [2.05, 4.69) is 10.1 Å². The minimum Gasteiger partial charge on any atom is -0.484 e. The lowest BCUT2D eigenvalue weighted by molar-refractivity contribution is -0.134. The zero-order valence-corrected chi connectivity index (χ0v) is 14.2. The number of aromatic nitrogens is 3. The number of nitrogens with zero attached hydrogens (tertiary/aromatic N) is 4. The Morgan fingerprint density at radius 3 is 2.85 bits per heavy atom. The summed E-state index contributed by atoms with van der Waals surface area (Å²) in [7, 11) is 0. The van der Waals surface area contributed by atoms with E-state index in [9.17, 15) is 9.18 Å². The number of hydrogen-bond acceptors (Lipinski definition) is 4. The van der Waals surface area contributed by atoms with Crippen LogP contribution in [0.1, 0.15) is 24.5 Å². The van der Waals surface area contributed by atoms with Gasteiger partial charge in [-0.1, -0.05) is 6.07 Å². The van der Waals surface area contributed by atoms with E-state index in [1.165, 1.54) is 12.1 Å². The van der Waals surface area contributed by atoms with Gasteiger partial charge in [-0.25, -0.2) is 13.9 Å². The van der Waals surface area contributed by atoms with Crippen LogP contribution >= 0.6 is 0 Å². The molecule has 3 heterocycles. The van der Waals surface area contributed by atoms with Crippen molar-refractivity contribution in [2.75, 3.05) is 19.7 Å². The maximum absolute atomic E-state index is 13.2. The van der Waals surface area contributed by atoms with Crippen LogP contribution in [0.2, 0.25) is 0 Å². The smallest absolute Gasteiger partial charge is 0.260 e. The van der Waals surface area contributed by atoms with Crippen molar-refractivity contribution >= 4 is 11.6 Å². The van der Waals surface area contributed by atoms with Gasteiger partial charge in [0.15, 0.2) is 12.3 Å². The van der Waals surface area contributed by atoms with Crippen LogP contribution in [0.5, 0.6) is 5.75 Å². The normalized spacial score (nSPS) is 15.3. The van der Waals surface area contributed by atoms with Crippen LogP contribution in [0.3, 0.4) is 0 Å². The number of piperidine rings is 1. The third-order valence-corrected chi connectivity index (χ3v) is 4.74. The minimum atomic E-state index is -0.377. The van der Waals surface area contributed by atoms with Crippen LogP contribution in [0.4, 0.5) is 4.39 Å². The molecule has 1 aliphatic heterocycles. The highest BCUT2D eigenvalue weighted by Crippen LogP contribution is 2.28. The number of likely N-dealkylation sites (tertiary alicyclic amines) is 1. The first kappa shape index (κ1) is 16.5. The van der Waals surface area contributed by atoms with Crippen molar-refractivity contribution in [1.29, 1.82) is 0 Å². The standard InChI is InChI=1S/C19H19FN4O2/c20-15-2-1-3-16(12-15)26-13-19(25)23-10-6-14(7-11-23)17-4-8-21-18-5-9-22-24(17)18/h1-5,8-9,12,14H,6-7,10-11,13H2. The third kappa shape index (κ3) is 3.37. The lowest BCUT2D eigenvalue weighted by atomic mass is 9.93. The first-order valence-electron chi connectivity index (χ1n) is 8.65. The number of ether oxygens (including phenoxy) is 1. The van der Waals surface area contributed by atoms with Gasteiger partial charge in [0.05, 0.1) is 6.20 Å². The molecule has 0 aliphatic carbocycles. The van der Waals surface area contributed by atoms with E-state index in [1.54, 1.807) is 29.4 Å². The van der Waals surface area contributed by atoms with Gasteiger partial charge in [0.2, 0.25) is 0 Å². The lowest BCUT2D eigenvalue weighted by Gasteiger charge is -2.32. The molecule has 0 spiro atoms. The summed E-state index contributed by atoms with van der Waals surface area (Å²) in [5.41, 5.74) is 1.97. The number of fused-ring (bicyclic) bond motifs is 1. The van der Waals surface area contributed by atoms with E-state index in [4.69, 9.17) is 4.74 Å². The van der Waals surface area contributed by atoms with E-state index in [0.717, 1.165) is 24.2 Å². The van der Waals surface area contributed by atoms with E-state index in [1.807, 2.05) is 16.6 Å². The van der Waals surface area contributed by atoms with Crippen molar-refractivity contribution in [2.45, 2.75) is 18.8 Å². The Morgan fingerprint density at radius 2 is 2.04 bits per heavy atom. The lowest BCUT2D eigenvalue weighted by Crippen LogP contribution is -2.40. The Morgan fingerprint density at radius 1 is 1.19 bits per heavy atom. The quantitative estimate of drug-likeness (QED) is 0.723. The van der Waals surface area contributed by atoms with E-state index < -0.39 is 0 Å². The van der Waals surface area contributed by atoms with Crippen molar-refractivity contribution in [3.05, 3.63) is 60.3 Å². The molecular formula is C19H19FN4O2. The van der Waals surface area contributed by atoms with Gasteiger partial charge >= 0.3 is 0 Å². The number of carbonyl (C=O) groups excluding carboxylic acids is 1. The molecule has 0 radical (unpaired) electrons. The van der Waals surface area contributed by atoms with Gasteiger partial charge in [-0.2, -0.15) is 5.10 Å². The fourth-order valence-corrected chi connectivity index (χ4v) is 3.38. The van der Waals surface area contributed by atoms with Gasteiger partial charge < -0.3 is 9.64 Å². The van der Waals surface area contributed by atoms with Crippen molar-refractivity contribution in [3.63, 3.8) is 0 Å². The molecule has 0 atom stereocenters. The van der Waals surface area contributed by atoms with Crippen LogP contribution in [-0.2, 0) is 4.79 Å². The van der Waals surface area contributed by atoms with Gasteiger partial charge in [-0.05, 0) is 31.0 Å². The van der Waals surface area contributed by atoms with Gasteiger partial charge in [0, 0.05) is 43.0 Å². The number of halogens is 1. The number of rotatable bonds is 4. The number of amides is 1. The average Bonchev–Trinajstić information content (AvgIpc) is 3.15. The Hall–Kier alpha value is -2.96. The molecule has 7 heteroatoms. The summed E-state index contributed by atoms with van der Waals surface area (Å²) in [4.78, 5) is 18.4. The Labute approximate surface area is 150 Å². The van der Waals surface area contributed by atoms with Crippen molar-refractivity contribution < 1.29 is 13.9 Å². The Kier molecular flexibility index (Phi) is 4.51. The second-order valence-corrected chi connectivity index (χ2v) is 6.37. The summed E-state index contributed by atoms with van der Waals surface area (Å²) >= 11 is 0. The number of hydrogen-bond donors (Lipinski definition) is 0. The maximum atomic E-state index is 13.2. The Bertz CT molecular complexity index is 919. The SMILES string of the molecule is O=C(COc1cccc(F)c1)N1CCC(c2ccnc3ccnn23)CC1. The number of carbonyl (C=O) groups is 1. The van der Waals surface area contributed by atoms with Crippen LogP contribution in [0, 0.1) is 5.82 Å². The van der Waals surface area contributed by atoms with Crippen LogP contribution in [-0.4, -0.2) is 45.1 Å². The van der Waals surface area contributed by atoms with Gasteiger partial charge in [-0.15, -0.1) is 0 Å². The zero-order chi connectivity index (χ0) is 17.9. The molecule has 4 rings (SSSR count). The molecule has 134 valence electrons. The monoisotopic (exact) mass is 354 g/mol. The highest BCUT2D eigenvalue weighted by atomic mass is 19.1. The summed E-state index contributed by atoms with van der Waals surface area (Å²) < 4.78 is 20.4. The van der Waals surface area contributed by atoms with Crippen molar-refractivity contribution in [3.8, 4) is 5.75 Å². The predicted octanol–water partition coefficient (Wildman–Crippen LogP) is 2.65. The topological polar surface area (TPSA) is 59.7 Å². The molecule has 2 aromatic heterocycles. The Balaban J connectivity index is 1.34. The molecule has 0 N–H and O–H groups in total. The van der Waals surface area contributed by atoms with Crippen LogP contribution in [0.25, 0.3) is 5.65 Å². The third-order valence-electron chi connectivity index (χ3n) is 4.74. The van der Waals surface area contributed by atoms with Crippen LogP contribution < -0.4 is 4.74 Å². The largest absolute Gasteiger partial charge is 0.484 e. The van der Waals surface area contributed by atoms with E-state index >= 15 is 0 Å². The highest BCUT2D eigenvalue weighted by molar-refractivity contribution is 5.77. The summed E-state index contributed by atoms with van der Waals surface area (Å²) in [5, 5.41) is 4.34. The summed E-state index contributed by atoms with van der Waals surface area (Å²) in [6.45, 7) is 1.26. The molecule has 1 aliphatic rings. The molecule has 1 saturated heterocycles. The predicted molar refractivity (Wildman–Crippen MR) is 93.4 cm³/mol. The van der Waals surface area contributed by atoms with Crippen molar-refractivity contribution in [2.24, 2.45) is 0 Å². The van der Waals surface area contributed by atoms with E-state index in [-0.39, 0.29) is 18.3 Å². The summed E-state index contributed by atoms with van der Waals surface area (Å²) in [5.74, 6) is 0.254. The molecule has 1 aromatic carbocycles. The zero-order valence-electron chi connectivity index (χ0n) is 14.2. The van der Waals surface area contributed by atoms with E-state index in [0.29, 0.717) is 24.8 Å². The number of benzene rings is 1. The first-order valence-corrected chi connectivity index (χ1v) is 8.65. The fourth-order valence-electron chi connectivity index (χ4n) is 3.38. The van der Waals surface area contributed by atoms with Gasteiger partial charge in [0.1, 0.15) is 11.6 Å². The average molecular weight is 354 g/mol. The highest BCUT2D eigenvalue weighted by Gasteiger charge is 2.25.